The number of nitrogens with one attached hydrogen (secondary N) is 2. The molecule has 2 aliphatic rings. The van der Waals surface area contributed by atoms with Crippen LogP contribution in [0.5, 0.6) is 11.5 Å². The zero-order valence-electron chi connectivity index (χ0n) is 11.1. The fraction of sp³-hybridized carbons (Fsp3) is 0.538. The van der Waals surface area contributed by atoms with E-state index in [1.54, 1.807) is 12.1 Å². The maximum absolute atomic E-state index is 12.4. The Morgan fingerprint density at radius 1 is 1.20 bits per heavy atom. The van der Waals surface area contributed by atoms with Crippen molar-refractivity contribution in [2.75, 3.05) is 26.3 Å². The lowest BCUT2D eigenvalue weighted by Gasteiger charge is -2.24. The zero-order valence-corrected chi connectivity index (χ0v) is 11.9. The van der Waals surface area contributed by atoms with E-state index >= 15 is 0 Å². The van der Waals surface area contributed by atoms with Gasteiger partial charge in [0.25, 0.3) is 0 Å². The van der Waals surface area contributed by atoms with Gasteiger partial charge in [0, 0.05) is 18.7 Å². The van der Waals surface area contributed by atoms with Gasteiger partial charge in [-0.15, -0.1) is 0 Å². The van der Waals surface area contributed by atoms with Crippen LogP contribution in [0.4, 0.5) is 0 Å². The Hall–Kier alpha value is -1.31. The van der Waals surface area contributed by atoms with E-state index < -0.39 is 10.0 Å². The van der Waals surface area contributed by atoms with Crippen LogP contribution in [-0.4, -0.2) is 40.8 Å². The summed E-state index contributed by atoms with van der Waals surface area (Å²) >= 11 is 0. The third kappa shape index (κ3) is 2.89. The van der Waals surface area contributed by atoms with E-state index in [2.05, 4.69) is 10.0 Å². The molecule has 1 atom stereocenters. The lowest BCUT2D eigenvalue weighted by molar-refractivity contribution is 0.171. The minimum Gasteiger partial charge on any atom is -0.486 e. The Labute approximate surface area is 118 Å². The molecular formula is C13H18N2O4S. The number of rotatable bonds is 3. The van der Waals surface area contributed by atoms with E-state index in [-0.39, 0.29) is 10.9 Å². The van der Waals surface area contributed by atoms with Crippen LogP contribution >= 0.6 is 0 Å². The van der Waals surface area contributed by atoms with E-state index in [4.69, 9.17) is 9.47 Å². The van der Waals surface area contributed by atoms with Crippen molar-refractivity contribution in [3.63, 3.8) is 0 Å². The number of ether oxygens (including phenoxy) is 2. The highest BCUT2D eigenvalue weighted by Crippen LogP contribution is 2.32. The molecule has 0 radical (unpaired) electrons. The average Bonchev–Trinajstić information content (AvgIpc) is 2.47. The van der Waals surface area contributed by atoms with Gasteiger partial charge in [0.1, 0.15) is 13.2 Å². The molecule has 3 rings (SSSR count). The van der Waals surface area contributed by atoms with Crippen molar-refractivity contribution in [2.45, 2.75) is 23.8 Å². The first-order valence-electron chi connectivity index (χ1n) is 6.78. The molecule has 7 heteroatoms. The second kappa shape index (κ2) is 5.59. The van der Waals surface area contributed by atoms with Crippen LogP contribution in [-0.2, 0) is 10.0 Å². The summed E-state index contributed by atoms with van der Waals surface area (Å²) in [6.45, 7) is 2.55. The largest absolute Gasteiger partial charge is 0.486 e. The number of hydrogen-bond acceptors (Lipinski definition) is 5. The predicted molar refractivity (Wildman–Crippen MR) is 73.6 cm³/mol. The van der Waals surface area contributed by atoms with Crippen LogP contribution in [0.25, 0.3) is 0 Å². The molecule has 2 N–H and O–H groups in total. The topological polar surface area (TPSA) is 76.7 Å². The van der Waals surface area contributed by atoms with Gasteiger partial charge in [-0.05, 0) is 31.5 Å². The van der Waals surface area contributed by atoms with E-state index in [1.807, 2.05) is 0 Å². The molecule has 0 amide bonds. The Balaban J connectivity index is 1.79. The standard InChI is InChI=1S/C13H18N2O4S/c16-20(17,15-10-2-1-5-14-9-10)11-3-4-12-13(8-11)19-7-6-18-12/h3-4,8,10,14-15H,1-2,5-7,9H2/t10-/m0/s1. The molecule has 1 fully saturated rings. The van der Waals surface area contributed by atoms with Crippen molar-refractivity contribution in [3.8, 4) is 11.5 Å². The van der Waals surface area contributed by atoms with Crippen LogP contribution in [0.15, 0.2) is 23.1 Å². The summed E-state index contributed by atoms with van der Waals surface area (Å²) < 4.78 is 38.2. The first-order chi connectivity index (χ1) is 9.65. The quantitative estimate of drug-likeness (QED) is 0.849. The summed E-state index contributed by atoms with van der Waals surface area (Å²) in [6, 6.07) is 4.66. The van der Waals surface area contributed by atoms with Crippen molar-refractivity contribution in [1.82, 2.24) is 10.0 Å². The number of benzene rings is 1. The summed E-state index contributed by atoms with van der Waals surface area (Å²) in [5, 5.41) is 3.19. The molecule has 1 saturated heterocycles. The fourth-order valence-corrected chi connectivity index (χ4v) is 3.72. The highest BCUT2D eigenvalue weighted by Gasteiger charge is 2.23. The van der Waals surface area contributed by atoms with Crippen LogP contribution < -0.4 is 19.5 Å². The molecule has 1 aromatic rings. The van der Waals surface area contributed by atoms with E-state index in [0.29, 0.717) is 31.3 Å². The molecule has 0 aliphatic carbocycles. The van der Waals surface area contributed by atoms with Gasteiger partial charge >= 0.3 is 0 Å². The van der Waals surface area contributed by atoms with E-state index in [9.17, 15) is 8.42 Å². The molecule has 110 valence electrons. The van der Waals surface area contributed by atoms with Gasteiger partial charge in [-0.1, -0.05) is 0 Å². The molecule has 20 heavy (non-hydrogen) atoms. The van der Waals surface area contributed by atoms with Crippen molar-refractivity contribution in [1.29, 1.82) is 0 Å². The van der Waals surface area contributed by atoms with Crippen molar-refractivity contribution in [2.24, 2.45) is 0 Å². The minimum atomic E-state index is -3.52. The van der Waals surface area contributed by atoms with Gasteiger partial charge in [0.05, 0.1) is 4.90 Å². The molecule has 0 unspecified atom stereocenters. The molecule has 0 aromatic heterocycles. The Morgan fingerprint density at radius 2 is 2.00 bits per heavy atom. The maximum atomic E-state index is 12.4. The van der Waals surface area contributed by atoms with Gasteiger partial charge in [-0.2, -0.15) is 0 Å². The van der Waals surface area contributed by atoms with Crippen molar-refractivity contribution >= 4 is 10.0 Å². The summed E-state index contributed by atoms with van der Waals surface area (Å²) in [6.07, 6.45) is 1.84. The predicted octanol–water partition coefficient (Wildman–Crippen LogP) is 0.488. The van der Waals surface area contributed by atoms with Gasteiger partial charge in [-0.25, -0.2) is 13.1 Å². The third-order valence-corrected chi connectivity index (χ3v) is 4.96. The zero-order chi connectivity index (χ0) is 14.0. The van der Waals surface area contributed by atoms with Crippen molar-refractivity contribution in [3.05, 3.63) is 18.2 Å². The summed E-state index contributed by atoms with van der Waals surface area (Å²) in [5.41, 5.74) is 0. The number of fused-ring (bicyclic) bond motifs is 1. The highest BCUT2D eigenvalue weighted by atomic mass is 32.2. The number of piperidine rings is 1. The molecule has 0 spiro atoms. The third-order valence-electron chi connectivity index (χ3n) is 3.44. The lowest BCUT2D eigenvalue weighted by atomic mass is 10.1. The van der Waals surface area contributed by atoms with Crippen LogP contribution in [0.2, 0.25) is 0 Å². The van der Waals surface area contributed by atoms with Gasteiger partial charge in [-0.3, -0.25) is 0 Å². The number of hydrogen-bond donors (Lipinski definition) is 2. The first kappa shape index (κ1) is 13.7. The maximum Gasteiger partial charge on any atom is 0.241 e. The van der Waals surface area contributed by atoms with E-state index in [1.165, 1.54) is 6.07 Å². The molecule has 1 aromatic carbocycles. The van der Waals surface area contributed by atoms with Crippen LogP contribution in [0.3, 0.4) is 0 Å². The smallest absolute Gasteiger partial charge is 0.241 e. The Bertz CT molecular complexity index is 582. The molecule has 2 heterocycles. The highest BCUT2D eigenvalue weighted by molar-refractivity contribution is 7.89. The normalized spacial score (nSPS) is 22.5. The summed E-state index contributed by atoms with van der Waals surface area (Å²) in [7, 11) is -3.52. The summed E-state index contributed by atoms with van der Waals surface area (Å²) in [4.78, 5) is 0.215. The average molecular weight is 298 g/mol. The monoisotopic (exact) mass is 298 g/mol. The molecular weight excluding hydrogens is 280 g/mol. The van der Waals surface area contributed by atoms with Gasteiger partial charge < -0.3 is 14.8 Å². The van der Waals surface area contributed by atoms with Crippen LogP contribution in [0, 0.1) is 0 Å². The minimum absolute atomic E-state index is 0.0537. The van der Waals surface area contributed by atoms with Gasteiger partial charge in [0.15, 0.2) is 11.5 Å². The van der Waals surface area contributed by atoms with E-state index in [0.717, 1.165) is 19.4 Å². The molecule has 0 bridgehead atoms. The SMILES string of the molecule is O=S(=O)(N[C@H]1CCCNC1)c1ccc2c(c1)OCCO2. The molecule has 2 aliphatic heterocycles. The van der Waals surface area contributed by atoms with Crippen molar-refractivity contribution < 1.29 is 17.9 Å². The summed E-state index contributed by atoms with van der Waals surface area (Å²) in [5.74, 6) is 1.08. The Morgan fingerprint density at radius 3 is 2.75 bits per heavy atom. The van der Waals surface area contributed by atoms with Gasteiger partial charge in [0.2, 0.25) is 10.0 Å². The first-order valence-corrected chi connectivity index (χ1v) is 8.26. The Kier molecular flexibility index (Phi) is 3.82. The van der Waals surface area contributed by atoms with Crippen LogP contribution in [0.1, 0.15) is 12.8 Å². The lowest BCUT2D eigenvalue weighted by Crippen LogP contribution is -2.45. The second-order valence-electron chi connectivity index (χ2n) is 4.97. The fourth-order valence-electron chi connectivity index (χ4n) is 2.43. The molecule has 0 saturated carbocycles. The molecule has 6 nitrogen and oxygen atoms in total. The second-order valence-corrected chi connectivity index (χ2v) is 6.68. The number of sulfonamides is 1.